The minimum atomic E-state index is -0.252. The average Bonchev–Trinajstić information content (AvgIpc) is 2.48. The molecular weight excluding hydrogens is 259 g/mol. The normalized spacial score (nSPS) is 17.9. The Hall–Kier alpha value is -1.13. The van der Waals surface area contributed by atoms with Gasteiger partial charge in [-0.1, -0.05) is 13.3 Å². The highest BCUT2D eigenvalue weighted by Gasteiger charge is 2.23. The Morgan fingerprint density at radius 1 is 1.35 bits per heavy atom. The van der Waals surface area contributed by atoms with E-state index >= 15 is 0 Å². The summed E-state index contributed by atoms with van der Waals surface area (Å²) in [6, 6.07) is 4.61. The largest absolute Gasteiger partial charge is 0.496 e. The maximum atomic E-state index is 13.5. The van der Waals surface area contributed by atoms with Crippen LogP contribution in [0.15, 0.2) is 18.2 Å². The van der Waals surface area contributed by atoms with Crippen molar-refractivity contribution < 1.29 is 18.6 Å². The molecule has 1 aromatic carbocycles. The van der Waals surface area contributed by atoms with Crippen molar-refractivity contribution in [3.63, 3.8) is 0 Å². The second-order valence-corrected chi connectivity index (χ2v) is 5.11. The molecule has 1 heterocycles. The first kappa shape index (κ1) is 15.3. The van der Waals surface area contributed by atoms with Gasteiger partial charge in [0.2, 0.25) is 0 Å². The van der Waals surface area contributed by atoms with Gasteiger partial charge >= 0.3 is 0 Å². The van der Waals surface area contributed by atoms with Crippen molar-refractivity contribution in [1.82, 2.24) is 0 Å². The standard InChI is InChI=1S/C16H23FO3/c1-3-4-16(20-13-7-9-19-10-8-13)14-11-12(17)5-6-15(14)18-2/h5-6,11,13,16H,3-4,7-10H2,1-2H3/t16-/m0/s1. The van der Waals surface area contributed by atoms with Crippen LogP contribution in [0.1, 0.15) is 44.3 Å². The van der Waals surface area contributed by atoms with Gasteiger partial charge in [-0.3, -0.25) is 0 Å². The van der Waals surface area contributed by atoms with Gasteiger partial charge in [0.1, 0.15) is 11.6 Å². The van der Waals surface area contributed by atoms with Crippen molar-refractivity contribution >= 4 is 0 Å². The van der Waals surface area contributed by atoms with Crippen molar-refractivity contribution in [2.45, 2.75) is 44.8 Å². The molecule has 20 heavy (non-hydrogen) atoms. The highest BCUT2D eigenvalue weighted by atomic mass is 19.1. The van der Waals surface area contributed by atoms with E-state index in [9.17, 15) is 4.39 Å². The molecule has 1 atom stereocenters. The molecular formula is C16H23FO3. The molecule has 0 aromatic heterocycles. The number of hydrogen-bond acceptors (Lipinski definition) is 3. The molecule has 0 unspecified atom stereocenters. The lowest BCUT2D eigenvalue weighted by Crippen LogP contribution is -2.25. The van der Waals surface area contributed by atoms with E-state index in [2.05, 4.69) is 6.92 Å². The number of halogens is 1. The predicted molar refractivity (Wildman–Crippen MR) is 75.5 cm³/mol. The first-order valence-electron chi connectivity index (χ1n) is 7.31. The number of rotatable bonds is 6. The molecule has 1 aromatic rings. The number of ether oxygens (including phenoxy) is 3. The molecule has 0 aliphatic carbocycles. The lowest BCUT2D eigenvalue weighted by atomic mass is 10.0. The fraction of sp³-hybridized carbons (Fsp3) is 0.625. The Balaban J connectivity index is 2.16. The van der Waals surface area contributed by atoms with Crippen molar-refractivity contribution in [2.24, 2.45) is 0 Å². The third kappa shape index (κ3) is 3.93. The molecule has 4 heteroatoms. The van der Waals surface area contributed by atoms with E-state index in [0.717, 1.165) is 44.5 Å². The zero-order valence-electron chi connectivity index (χ0n) is 12.2. The molecule has 1 saturated heterocycles. The maximum absolute atomic E-state index is 13.5. The smallest absolute Gasteiger partial charge is 0.124 e. The van der Waals surface area contributed by atoms with Gasteiger partial charge < -0.3 is 14.2 Å². The summed E-state index contributed by atoms with van der Waals surface area (Å²) in [7, 11) is 1.61. The fourth-order valence-electron chi connectivity index (χ4n) is 2.56. The number of methoxy groups -OCH3 is 1. The summed E-state index contributed by atoms with van der Waals surface area (Å²) in [5, 5.41) is 0. The summed E-state index contributed by atoms with van der Waals surface area (Å²) in [6.07, 6.45) is 3.71. The van der Waals surface area contributed by atoms with E-state index in [-0.39, 0.29) is 18.0 Å². The molecule has 0 N–H and O–H groups in total. The van der Waals surface area contributed by atoms with E-state index in [1.165, 1.54) is 12.1 Å². The van der Waals surface area contributed by atoms with Crippen molar-refractivity contribution in [3.8, 4) is 5.75 Å². The van der Waals surface area contributed by atoms with Gasteiger partial charge in [0.05, 0.1) is 19.3 Å². The molecule has 0 spiro atoms. The second kappa shape index (κ2) is 7.60. The first-order chi connectivity index (χ1) is 9.74. The molecule has 1 aliphatic heterocycles. The van der Waals surface area contributed by atoms with E-state index in [0.29, 0.717) is 5.75 Å². The van der Waals surface area contributed by atoms with Gasteiger partial charge in [0, 0.05) is 18.8 Å². The SMILES string of the molecule is CCC[C@H](OC1CCOCC1)c1cc(F)ccc1OC. The summed E-state index contributed by atoms with van der Waals surface area (Å²) in [5.74, 6) is 0.439. The highest BCUT2D eigenvalue weighted by Crippen LogP contribution is 2.33. The molecule has 0 radical (unpaired) electrons. The van der Waals surface area contributed by atoms with E-state index in [1.807, 2.05) is 0 Å². The molecule has 0 saturated carbocycles. The highest BCUT2D eigenvalue weighted by molar-refractivity contribution is 5.35. The number of hydrogen-bond donors (Lipinski definition) is 0. The van der Waals surface area contributed by atoms with Gasteiger partial charge in [0.15, 0.2) is 0 Å². The Labute approximate surface area is 120 Å². The van der Waals surface area contributed by atoms with Crippen LogP contribution in [0.4, 0.5) is 4.39 Å². The summed E-state index contributed by atoms with van der Waals surface area (Å²) in [5.41, 5.74) is 0.806. The van der Waals surface area contributed by atoms with Crippen LogP contribution in [0.25, 0.3) is 0 Å². The molecule has 2 rings (SSSR count). The van der Waals surface area contributed by atoms with Crippen LogP contribution in [0, 0.1) is 5.82 Å². The third-order valence-corrected chi connectivity index (χ3v) is 3.61. The fourth-order valence-corrected chi connectivity index (χ4v) is 2.56. The molecule has 112 valence electrons. The van der Waals surface area contributed by atoms with Crippen molar-refractivity contribution in [3.05, 3.63) is 29.6 Å². The summed E-state index contributed by atoms with van der Waals surface area (Å²) < 4.78 is 30.4. The zero-order chi connectivity index (χ0) is 14.4. The van der Waals surface area contributed by atoms with E-state index in [1.54, 1.807) is 13.2 Å². The average molecular weight is 282 g/mol. The molecule has 0 bridgehead atoms. The van der Waals surface area contributed by atoms with E-state index < -0.39 is 0 Å². The Kier molecular flexibility index (Phi) is 5.80. The maximum Gasteiger partial charge on any atom is 0.124 e. The van der Waals surface area contributed by atoms with Crippen LogP contribution < -0.4 is 4.74 Å². The van der Waals surface area contributed by atoms with Crippen LogP contribution in [0.2, 0.25) is 0 Å². The summed E-state index contributed by atoms with van der Waals surface area (Å²) in [4.78, 5) is 0. The number of benzene rings is 1. The van der Waals surface area contributed by atoms with Crippen LogP contribution in [-0.4, -0.2) is 26.4 Å². The lowest BCUT2D eigenvalue weighted by molar-refractivity contribution is -0.0729. The van der Waals surface area contributed by atoms with Gasteiger partial charge in [-0.2, -0.15) is 0 Å². The van der Waals surface area contributed by atoms with Crippen LogP contribution in [0.5, 0.6) is 5.75 Å². The second-order valence-electron chi connectivity index (χ2n) is 5.11. The monoisotopic (exact) mass is 282 g/mol. The minimum absolute atomic E-state index is 0.117. The van der Waals surface area contributed by atoms with Crippen molar-refractivity contribution in [1.29, 1.82) is 0 Å². The van der Waals surface area contributed by atoms with Crippen molar-refractivity contribution in [2.75, 3.05) is 20.3 Å². The van der Waals surface area contributed by atoms with Gasteiger partial charge in [-0.05, 0) is 37.5 Å². The molecule has 3 nitrogen and oxygen atoms in total. The van der Waals surface area contributed by atoms with Gasteiger partial charge in [-0.25, -0.2) is 4.39 Å². The lowest BCUT2D eigenvalue weighted by Gasteiger charge is -2.28. The minimum Gasteiger partial charge on any atom is -0.496 e. The quantitative estimate of drug-likeness (QED) is 0.792. The summed E-state index contributed by atoms with van der Waals surface area (Å²) in [6.45, 7) is 3.58. The Bertz CT molecular complexity index is 416. The van der Waals surface area contributed by atoms with Crippen LogP contribution in [-0.2, 0) is 9.47 Å². The molecule has 0 amide bonds. The Morgan fingerprint density at radius 3 is 2.75 bits per heavy atom. The Morgan fingerprint density at radius 2 is 2.10 bits per heavy atom. The molecule has 1 fully saturated rings. The third-order valence-electron chi connectivity index (χ3n) is 3.61. The van der Waals surface area contributed by atoms with Gasteiger partial charge in [-0.15, -0.1) is 0 Å². The first-order valence-corrected chi connectivity index (χ1v) is 7.31. The van der Waals surface area contributed by atoms with Crippen LogP contribution in [0.3, 0.4) is 0 Å². The summed E-state index contributed by atoms with van der Waals surface area (Å²) >= 11 is 0. The van der Waals surface area contributed by atoms with E-state index in [4.69, 9.17) is 14.2 Å². The predicted octanol–water partition coefficient (Wildman–Crippen LogP) is 3.87. The van der Waals surface area contributed by atoms with Crippen LogP contribution >= 0.6 is 0 Å². The molecule has 1 aliphatic rings. The topological polar surface area (TPSA) is 27.7 Å². The van der Waals surface area contributed by atoms with Gasteiger partial charge in [0.25, 0.3) is 0 Å². The zero-order valence-corrected chi connectivity index (χ0v) is 12.2.